The number of carboxylic acid groups (broad SMARTS) is 1. The Morgan fingerprint density at radius 2 is 2.00 bits per heavy atom. The summed E-state index contributed by atoms with van der Waals surface area (Å²) in [6.45, 7) is 0.850. The number of nitrogens with zero attached hydrogens (tertiary/aromatic N) is 3. The molecule has 1 atom stereocenters. The van der Waals surface area contributed by atoms with Gasteiger partial charge in [0.1, 0.15) is 0 Å². The lowest BCUT2D eigenvalue weighted by Gasteiger charge is -2.33. The lowest BCUT2D eigenvalue weighted by Crippen LogP contribution is -2.38. The molecule has 138 valence electrons. The van der Waals surface area contributed by atoms with Gasteiger partial charge in [0, 0.05) is 24.7 Å². The molecule has 0 saturated heterocycles. The van der Waals surface area contributed by atoms with Crippen LogP contribution < -0.4 is 15.5 Å². The molecule has 27 heavy (non-hydrogen) atoms. The normalized spacial score (nSPS) is 16.0. The molecular formula is C19H19N5O3. The quantitative estimate of drug-likeness (QED) is 0.647. The summed E-state index contributed by atoms with van der Waals surface area (Å²) in [5.74, 6) is 0. The van der Waals surface area contributed by atoms with Crippen molar-refractivity contribution in [3.8, 4) is 0 Å². The van der Waals surface area contributed by atoms with E-state index in [2.05, 4.69) is 20.6 Å². The molecule has 0 spiro atoms. The molecule has 3 aromatic rings. The molecule has 0 radical (unpaired) electrons. The van der Waals surface area contributed by atoms with Gasteiger partial charge in [0.05, 0.1) is 23.4 Å². The van der Waals surface area contributed by atoms with Gasteiger partial charge in [0.25, 0.3) is 0 Å². The van der Waals surface area contributed by atoms with Crippen molar-refractivity contribution in [1.82, 2.24) is 15.1 Å². The third kappa shape index (κ3) is 3.05. The van der Waals surface area contributed by atoms with Crippen LogP contribution in [0.5, 0.6) is 0 Å². The highest BCUT2D eigenvalue weighted by Gasteiger charge is 2.24. The first-order valence-corrected chi connectivity index (χ1v) is 8.62. The lowest BCUT2D eigenvalue weighted by atomic mass is 9.97. The molecule has 2 aromatic carbocycles. The monoisotopic (exact) mass is 365 g/mol. The van der Waals surface area contributed by atoms with Gasteiger partial charge >= 0.3 is 12.1 Å². The highest BCUT2D eigenvalue weighted by Crippen LogP contribution is 2.32. The van der Waals surface area contributed by atoms with Crippen LogP contribution in [-0.4, -0.2) is 40.6 Å². The standard InChI is InChI=1S/C19H19N5O3/c1-23-10-9-15(12-5-2-3-7-16(12)23)22-18(25)21-14-6-4-8-17-13(14)11-20-24(17)19(26)27/h2-8,11,15H,9-10H2,1H3,(H,26,27)(H2,21,22,25). The smallest absolute Gasteiger partial charge is 0.432 e. The number of amides is 2. The van der Waals surface area contributed by atoms with Crippen LogP contribution in [0.25, 0.3) is 10.9 Å². The van der Waals surface area contributed by atoms with Gasteiger partial charge in [-0.15, -0.1) is 0 Å². The first-order chi connectivity index (χ1) is 13.0. The summed E-state index contributed by atoms with van der Waals surface area (Å²) in [6, 6.07) is 12.6. The Morgan fingerprint density at radius 3 is 2.81 bits per heavy atom. The molecule has 1 aliphatic heterocycles. The van der Waals surface area contributed by atoms with Gasteiger partial charge in [-0.2, -0.15) is 9.78 Å². The second-order valence-corrected chi connectivity index (χ2v) is 6.50. The molecule has 1 aromatic heterocycles. The van der Waals surface area contributed by atoms with Crippen molar-refractivity contribution in [1.29, 1.82) is 0 Å². The summed E-state index contributed by atoms with van der Waals surface area (Å²) >= 11 is 0. The number of benzene rings is 2. The highest BCUT2D eigenvalue weighted by molar-refractivity contribution is 6.02. The van der Waals surface area contributed by atoms with Crippen molar-refractivity contribution in [3.05, 3.63) is 54.2 Å². The zero-order valence-corrected chi connectivity index (χ0v) is 14.7. The molecule has 2 amide bonds. The van der Waals surface area contributed by atoms with Gasteiger partial charge in [-0.05, 0) is 30.2 Å². The van der Waals surface area contributed by atoms with Crippen LogP contribution in [0.1, 0.15) is 18.0 Å². The third-order valence-corrected chi connectivity index (χ3v) is 4.82. The number of rotatable bonds is 2. The number of carbonyl (C=O) groups is 2. The number of para-hydroxylation sites is 1. The maximum absolute atomic E-state index is 12.6. The molecule has 0 bridgehead atoms. The Labute approximate surface area is 155 Å². The van der Waals surface area contributed by atoms with Gasteiger partial charge in [0.15, 0.2) is 0 Å². The molecule has 4 rings (SSSR count). The van der Waals surface area contributed by atoms with Crippen molar-refractivity contribution < 1.29 is 14.7 Å². The molecule has 2 heterocycles. The van der Waals surface area contributed by atoms with Crippen LogP contribution in [0.2, 0.25) is 0 Å². The Hall–Kier alpha value is -3.55. The number of urea groups is 1. The maximum atomic E-state index is 12.6. The average Bonchev–Trinajstić information content (AvgIpc) is 3.10. The SMILES string of the molecule is CN1CCC(NC(=O)Nc2cccc3c2cnn3C(=O)O)c2ccccc21. The van der Waals surface area contributed by atoms with Crippen LogP contribution in [0.15, 0.2) is 48.7 Å². The number of anilines is 2. The van der Waals surface area contributed by atoms with Gasteiger partial charge in [0.2, 0.25) is 0 Å². The Morgan fingerprint density at radius 1 is 1.19 bits per heavy atom. The fourth-order valence-corrected chi connectivity index (χ4v) is 3.51. The molecule has 0 saturated carbocycles. The van der Waals surface area contributed by atoms with E-state index in [-0.39, 0.29) is 12.1 Å². The van der Waals surface area contributed by atoms with Crippen LogP contribution >= 0.6 is 0 Å². The van der Waals surface area contributed by atoms with E-state index in [0.29, 0.717) is 16.6 Å². The van der Waals surface area contributed by atoms with Gasteiger partial charge in [-0.1, -0.05) is 24.3 Å². The predicted octanol–water partition coefficient (Wildman–Crippen LogP) is 3.27. The lowest BCUT2D eigenvalue weighted by molar-refractivity contribution is 0.194. The van der Waals surface area contributed by atoms with Crippen molar-refractivity contribution in [2.45, 2.75) is 12.5 Å². The van der Waals surface area contributed by atoms with E-state index in [1.165, 1.54) is 6.20 Å². The van der Waals surface area contributed by atoms with E-state index >= 15 is 0 Å². The van der Waals surface area contributed by atoms with E-state index in [1.807, 2.05) is 31.3 Å². The second-order valence-electron chi connectivity index (χ2n) is 6.50. The minimum atomic E-state index is -1.17. The van der Waals surface area contributed by atoms with E-state index in [9.17, 15) is 14.7 Å². The number of carbonyl (C=O) groups excluding carboxylic acids is 1. The van der Waals surface area contributed by atoms with E-state index in [1.54, 1.807) is 18.2 Å². The van der Waals surface area contributed by atoms with Crippen molar-refractivity contribution in [3.63, 3.8) is 0 Å². The first-order valence-electron chi connectivity index (χ1n) is 8.62. The summed E-state index contributed by atoms with van der Waals surface area (Å²) in [6.07, 6.45) is 1.07. The summed E-state index contributed by atoms with van der Waals surface area (Å²) in [7, 11) is 2.04. The highest BCUT2D eigenvalue weighted by atomic mass is 16.4. The van der Waals surface area contributed by atoms with Gasteiger partial charge in [-0.3, -0.25) is 0 Å². The zero-order valence-electron chi connectivity index (χ0n) is 14.7. The number of fused-ring (bicyclic) bond motifs is 2. The summed E-state index contributed by atoms with van der Waals surface area (Å²) in [5.41, 5.74) is 3.13. The number of nitrogens with one attached hydrogen (secondary N) is 2. The van der Waals surface area contributed by atoms with Crippen LogP contribution in [0, 0.1) is 0 Å². The van der Waals surface area contributed by atoms with Crippen molar-refractivity contribution >= 4 is 34.4 Å². The molecule has 0 fully saturated rings. The first kappa shape index (κ1) is 16.9. The van der Waals surface area contributed by atoms with Gasteiger partial charge < -0.3 is 20.6 Å². The Kier molecular flexibility index (Phi) is 4.15. The maximum Gasteiger partial charge on any atom is 0.432 e. The Bertz CT molecular complexity index is 1030. The molecule has 1 aliphatic rings. The molecule has 3 N–H and O–H groups in total. The van der Waals surface area contributed by atoms with Crippen LogP contribution in [-0.2, 0) is 0 Å². The minimum Gasteiger partial charge on any atom is -0.463 e. The fraction of sp³-hybridized carbons (Fsp3) is 0.211. The zero-order chi connectivity index (χ0) is 19.0. The summed E-state index contributed by atoms with van der Waals surface area (Å²) in [4.78, 5) is 26.0. The number of aromatic nitrogens is 2. The summed E-state index contributed by atoms with van der Waals surface area (Å²) < 4.78 is 0.881. The number of hydrogen-bond donors (Lipinski definition) is 3. The second kappa shape index (κ2) is 6.64. The number of hydrogen-bond acceptors (Lipinski definition) is 4. The summed E-state index contributed by atoms with van der Waals surface area (Å²) in [5, 5.41) is 19.4. The third-order valence-electron chi connectivity index (χ3n) is 4.82. The fourth-order valence-electron chi connectivity index (χ4n) is 3.51. The van der Waals surface area contributed by atoms with Gasteiger partial charge in [-0.25, -0.2) is 9.59 Å². The van der Waals surface area contributed by atoms with E-state index in [0.717, 1.165) is 28.9 Å². The van der Waals surface area contributed by atoms with E-state index in [4.69, 9.17) is 0 Å². The molecular weight excluding hydrogens is 346 g/mol. The molecule has 8 heteroatoms. The molecule has 0 aliphatic carbocycles. The van der Waals surface area contributed by atoms with E-state index < -0.39 is 6.09 Å². The van der Waals surface area contributed by atoms with Crippen molar-refractivity contribution in [2.24, 2.45) is 0 Å². The Balaban J connectivity index is 1.55. The predicted molar refractivity (Wildman–Crippen MR) is 102 cm³/mol. The largest absolute Gasteiger partial charge is 0.463 e. The van der Waals surface area contributed by atoms with Crippen molar-refractivity contribution in [2.75, 3.05) is 23.8 Å². The topological polar surface area (TPSA) is 99.5 Å². The average molecular weight is 365 g/mol. The minimum absolute atomic E-state index is 0.0849. The molecule has 1 unspecified atom stereocenters. The van der Waals surface area contributed by atoms with Crippen LogP contribution in [0.4, 0.5) is 21.0 Å². The molecule has 8 nitrogen and oxygen atoms in total. The van der Waals surface area contributed by atoms with Crippen LogP contribution in [0.3, 0.4) is 0 Å².